The predicted molar refractivity (Wildman–Crippen MR) is 109 cm³/mol. The van der Waals surface area contributed by atoms with Crippen molar-refractivity contribution < 1.29 is 9.53 Å². The first kappa shape index (κ1) is 19.0. The van der Waals surface area contributed by atoms with Crippen LogP contribution in [-0.2, 0) is 28.9 Å². The zero-order valence-corrected chi connectivity index (χ0v) is 17.6. The maximum Gasteiger partial charge on any atom is 0.263 e. The summed E-state index contributed by atoms with van der Waals surface area (Å²) in [7, 11) is 3.50. The molecule has 2 aliphatic rings. The minimum atomic E-state index is -0.299. The van der Waals surface area contributed by atoms with Crippen molar-refractivity contribution in [3.8, 4) is 0 Å². The number of thiophene rings is 1. The summed E-state index contributed by atoms with van der Waals surface area (Å²) in [5.41, 5.74) is 1.23. The van der Waals surface area contributed by atoms with E-state index >= 15 is 0 Å². The molecule has 2 aromatic rings. The first-order valence-electron chi connectivity index (χ1n) is 9.50. The molecular weight excluding hydrogens is 382 g/mol. The summed E-state index contributed by atoms with van der Waals surface area (Å²) in [6.07, 6.45) is 5.16. The Morgan fingerprint density at radius 3 is 2.93 bits per heavy atom. The number of carbonyl (C=O) groups is 1. The average Bonchev–Trinajstić information content (AvgIpc) is 3.34. The molecule has 0 N–H and O–H groups in total. The number of ether oxygens (including phenoxy) is 1. The van der Waals surface area contributed by atoms with Crippen LogP contribution in [0.2, 0.25) is 0 Å². The van der Waals surface area contributed by atoms with Gasteiger partial charge in [0.15, 0.2) is 5.16 Å². The lowest BCUT2D eigenvalue weighted by Gasteiger charge is -2.19. The number of hydrogen-bond donors (Lipinski definition) is 0. The molecule has 27 heavy (non-hydrogen) atoms. The summed E-state index contributed by atoms with van der Waals surface area (Å²) in [6, 6.07) is 0. The molecule has 1 saturated heterocycles. The molecule has 4 rings (SSSR count). The van der Waals surface area contributed by atoms with Gasteiger partial charge in [-0.2, -0.15) is 0 Å². The molecule has 1 aliphatic heterocycles. The smallest absolute Gasteiger partial charge is 0.263 e. The van der Waals surface area contributed by atoms with Gasteiger partial charge in [-0.3, -0.25) is 14.2 Å². The molecule has 0 unspecified atom stereocenters. The Balaban J connectivity index is 1.78. The van der Waals surface area contributed by atoms with Crippen molar-refractivity contribution in [1.29, 1.82) is 0 Å². The van der Waals surface area contributed by atoms with Crippen molar-refractivity contribution in [3.63, 3.8) is 0 Å². The third-order valence-electron chi connectivity index (χ3n) is 5.27. The average molecular weight is 408 g/mol. The largest absolute Gasteiger partial charge is 0.376 e. The molecule has 2 atom stereocenters. The van der Waals surface area contributed by atoms with Gasteiger partial charge in [0.25, 0.3) is 5.56 Å². The lowest BCUT2D eigenvalue weighted by molar-refractivity contribution is -0.127. The van der Waals surface area contributed by atoms with Crippen LogP contribution < -0.4 is 5.56 Å². The van der Waals surface area contributed by atoms with Gasteiger partial charge < -0.3 is 9.64 Å². The Kier molecular flexibility index (Phi) is 5.31. The molecule has 3 heterocycles. The van der Waals surface area contributed by atoms with E-state index < -0.39 is 0 Å². The third-order valence-corrected chi connectivity index (χ3v) is 7.53. The van der Waals surface area contributed by atoms with E-state index in [2.05, 4.69) is 0 Å². The summed E-state index contributed by atoms with van der Waals surface area (Å²) in [4.78, 5) is 34.3. The number of thioether (sulfide) groups is 1. The van der Waals surface area contributed by atoms with E-state index in [-0.39, 0.29) is 22.8 Å². The SMILES string of the molecule is C[C@@H](Sc1nc2sc3c(c2c(=O)n1C[C@@H]1CCCO1)CCC3)C(=O)N(C)C. The van der Waals surface area contributed by atoms with Gasteiger partial charge in [-0.05, 0) is 44.6 Å². The molecule has 1 amide bonds. The Labute approximate surface area is 166 Å². The fourth-order valence-corrected chi connectivity index (χ4v) is 6.24. The van der Waals surface area contributed by atoms with Crippen molar-refractivity contribution in [2.45, 2.75) is 62.1 Å². The number of nitrogens with zero attached hydrogens (tertiary/aromatic N) is 3. The van der Waals surface area contributed by atoms with E-state index in [1.807, 2.05) is 6.92 Å². The second-order valence-electron chi connectivity index (χ2n) is 7.48. The molecule has 146 valence electrons. The fourth-order valence-electron chi connectivity index (χ4n) is 3.87. The van der Waals surface area contributed by atoms with Crippen LogP contribution in [0, 0.1) is 0 Å². The summed E-state index contributed by atoms with van der Waals surface area (Å²) in [5, 5.41) is 1.12. The first-order valence-corrected chi connectivity index (χ1v) is 11.2. The topological polar surface area (TPSA) is 64.4 Å². The molecule has 0 radical (unpaired) electrons. The van der Waals surface area contributed by atoms with Crippen molar-refractivity contribution in [2.75, 3.05) is 20.7 Å². The highest BCUT2D eigenvalue weighted by Gasteiger charge is 2.27. The summed E-state index contributed by atoms with van der Waals surface area (Å²) < 4.78 is 7.53. The summed E-state index contributed by atoms with van der Waals surface area (Å²) in [6.45, 7) is 3.13. The van der Waals surface area contributed by atoms with Crippen LogP contribution in [0.5, 0.6) is 0 Å². The van der Waals surface area contributed by atoms with E-state index in [1.165, 1.54) is 22.2 Å². The van der Waals surface area contributed by atoms with E-state index in [9.17, 15) is 9.59 Å². The zero-order valence-electron chi connectivity index (χ0n) is 16.0. The number of aromatic nitrogens is 2. The van der Waals surface area contributed by atoms with Gasteiger partial charge in [-0.25, -0.2) is 4.98 Å². The van der Waals surface area contributed by atoms with Gasteiger partial charge in [0.1, 0.15) is 4.83 Å². The van der Waals surface area contributed by atoms with Crippen molar-refractivity contribution in [3.05, 3.63) is 20.8 Å². The molecule has 0 aromatic carbocycles. The van der Waals surface area contributed by atoms with E-state index in [0.717, 1.165) is 48.9 Å². The number of amides is 1. The van der Waals surface area contributed by atoms with Crippen molar-refractivity contribution >= 4 is 39.2 Å². The molecule has 8 heteroatoms. The van der Waals surface area contributed by atoms with Crippen LogP contribution in [0.3, 0.4) is 0 Å². The molecule has 2 aromatic heterocycles. The van der Waals surface area contributed by atoms with Crippen LogP contribution in [0.1, 0.15) is 36.6 Å². The minimum Gasteiger partial charge on any atom is -0.376 e. The van der Waals surface area contributed by atoms with E-state index in [1.54, 1.807) is 34.9 Å². The van der Waals surface area contributed by atoms with Gasteiger partial charge in [0.05, 0.1) is 23.3 Å². The summed E-state index contributed by atoms with van der Waals surface area (Å²) >= 11 is 3.02. The molecule has 0 saturated carbocycles. The molecule has 6 nitrogen and oxygen atoms in total. The second-order valence-corrected chi connectivity index (χ2v) is 9.87. The minimum absolute atomic E-state index is 0.0201. The lowest BCUT2D eigenvalue weighted by Crippen LogP contribution is -2.32. The number of aryl methyl sites for hydroxylation is 2. The number of rotatable bonds is 5. The monoisotopic (exact) mass is 407 g/mol. The van der Waals surface area contributed by atoms with Crippen LogP contribution in [0.15, 0.2) is 9.95 Å². The Morgan fingerprint density at radius 1 is 1.41 bits per heavy atom. The maximum atomic E-state index is 13.4. The second kappa shape index (κ2) is 7.56. The maximum absolute atomic E-state index is 13.4. The first-order chi connectivity index (χ1) is 13.0. The Hall–Kier alpha value is -1.38. The predicted octanol–water partition coefficient (Wildman–Crippen LogP) is 2.69. The number of carbonyl (C=O) groups excluding carboxylic acids is 1. The number of hydrogen-bond acceptors (Lipinski definition) is 6. The lowest BCUT2D eigenvalue weighted by atomic mass is 10.2. The summed E-state index contributed by atoms with van der Waals surface area (Å²) in [5.74, 6) is 0.0201. The molecule has 1 fully saturated rings. The fraction of sp³-hybridized carbons (Fsp3) is 0.632. The third kappa shape index (κ3) is 3.54. The van der Waals surface area contributed by atoms with E-state index in [4.69, 9.17) is 9.72 Å². The zero-order chi connectivity index (χ0) is 19.1. The van der Waals surface area contributed by atoms with Crippen LogP contribution in [-0.4, -0.2) is 52.4 Å². The number of fused-ring (bicyclic) bond motifs is 3. The normalized spacial score (nSPS) is 20.2. The van der Waals surface area contributed by atoms with Gasteiger partial charge in [0, 0.05) is 25.6 Å². The molecular formula is C19H25N3O3S2. The van der Waals surface area contributed by atoms with Crippen molar-refractivity contribution in [1.82, 2.24) is 14.5 Å². The van der Waals surface area contributed by atoms with E-state index in [0.29, 0.717) is 11.7 Å². The highest BCUT2D eigenvalue weighted by Crippen LogP contribution is 2.36. The van der Waals surface area contributed by atoms with Gasteiger partial charge in [-0.1, -0.05) is 11.8 Å². The molecule has 0 spiro atoms. The molecule has 1 aliphatic carbocycles. The Morgan fingerprint density at radius 2 is 2.22 bits per heavy atom. The van der Waals surface area contributed by atoms with Gasteiger partial charge >= 0.3 is 0 Å². The molecule has 0 bridgehead atoms. The van der Waals surface area contributed by atoms with Crippen LogP contribution in [0.4, 0.5) is 0 Å². The highest BCUT2D eigenvalue weighted by atomic mass is 32.2. The van der Waals surface area contributed by atoms with Crippen LogP contribution >= 0.6 is 23.1 Å². The highest BCUT2D eigenvalue weighted by molar-refractivity contribution is 8.00. The van der Waals surface area contributed by atoms with Crippen LogP contribution in [0.25, 0.3) is 10.2 Å². The quantitative estimate of drug-likeness (QED) is 0.563. The van der Waals surface area contributed by atoms with Crippen molar-refractivity contribution in [2.24, 2.45) is 0 Å². The van der Waals surface area contributed by atoms with Gasteiger partial charge in [0.2, 0.25) is 5.91 Å². The standard InChI is InChI=1S/C19H25N3O3S2/c1-11(17(23)21(2)3)26-19-20-16-15(13-7-4-8-14(13)27-16)18(24)22(19)10-12-6-5-9-25-12/h11-12H,4-10H2,1-3H3/t11-,12+/m1/s1. The van der Waals surface area contributed by atoms with Gasteiger partial charge in [-0.15, -0.1) is 11.3 Å². The Bertz CT molecular complexity index is 928.